The summed E-state index contributed by atoms with van der Waals surface area (Å²) in [7, 11) is 1.79. The molecule has 2 rings (SSSR count). The van der Waals surface area contributed by atoms with Crippen molar-refractivity contribution < 1.29 is 0 Å². The molecule has 4 N–H and O–H groups in total. The molecule has 0 saturated carbocycles. The number of nitrogens with one attached hydrogen (secondary N) is 4. The Morgan fingerprint density at radius 2 is 2.21 bits per heavy atom. The number of hydrogen-bond acceptors (Lipinski definition) is 4. The van der Waals surface area contributed by atoms with Crippen LogP contribution in [0.25, 0.3) is 0 Å². The molecule has 0 aliphatic carbocycles. The van der Waals surface area contributed by atoms with Gasteiger partial charge < -0.3 is 15.6 Å². The molecule has 2 heterocycles. The first-order valence-electron chi connectivity index (χ1n) is 4.35. The SMILES string of the molecule is CNc1nnc(NCc2ccc[nH]2)[nH]1. The molecule has 6 nitrogen and oxygen atoms in total. The fourth-order valence-electron chi connectivity index (χ4n) is 1.11. The van der Waals surface area contributed by atoms with Crippen LogP contribution in [0.2, 0.25) is 0 Å². The van der Waals surface area contributed by atoms with Gasteiger partial charge in [-0.1, -0.05) is 0 Å². The summed E-state index contributed by atoms with van der Waals surface area (Å²) in [5.74, 6) is 1.31. The molecule has 74 valence electrons. The minimum Gasteiger partial charge on any atom is -0.364 e. The second kappa shape index (κ2) is 3.82. The summed E-state index contributed by atoms with van der Waals surface area (Å²) in [6, 6.07) is 3.96. The van der Waals surface area contributed by atoms with Crippen LogP contribution in [0, 0.1) is 0 Å². The van der Waals surface area contributed by atoms with Gasteiger partial charge in [-0.15, -0.1) is 10.2 Å². The number of anilines is 2. The smallest absolute Gasteiger partial charge is 0.223 e. The van der Waals surface area contributed by atoms with E-state index in [1.54, 1.807) is 7.05 Å². The van der Waals surface area contributed by atoms with Gasteiger partial charge in [-0.25, -0.2) is 0 Å². The Morgan fingerprint density at radius 1 is 1.36 bits per heavy atom. The van der Waals surface area contributed by atoms with Crippen LogP contribution in [0.1, 0.15) is 5.69 Å². The molecule has 6 heteroatoms. The Labute approximate surface area is 81.1 Å². The quantitative estimate of drug-likeness (QED) is 0.577. The number of rotatable bonds is 4. The van der Waals surface area contributed by atoms with Gasteiger partial charge in [-0.05, 0) is 12.1 Å². The predicted molar refractivity (Wildman–Crippen MR) is 54.0 cm³/mol. The zero-order chi connectivity index (χ0) is 9.80. The maximum Gasteiger partial charge on any atom is 0.223 e. The fourth-order valence-corrected chi connectivity index (χ4v) is 1.11. The van der Waals surface area contributed by atoms with E-state index in [9.17, 15) is 0 Å². The second-order valence-electron chi connectivity index (χ2n) is 2.82. The molecule has 2 aromatic rings. The van der Waals surface area contributed by atoms with Crippen molar-refractivity contribution in [1.82, 2.24) is 20.2 Å². The Hall–Kier alpha value is -1.98. The topological polar surface area (TPSA) is 81.4 Å². The lowest BCUT2D eigenvalue weighted by Crippen LogP contribution is -2.01. The molecule has 0 saturated heterocycles. The summed E-state index contributed by atoms with van der Waals surface area (Å²) >= 11 is 0. The van der Waals surface area contributed by atoms with E-state index in [2.05, 4.69) is 30.8 Å². The molecule has 0 aliphatic heterocycles. The molecular weight excluding hydrogens is 180 g/mol. The predicted octanol–water partition coefficient (Wildman–Crippen LogP) is 0.787. The normalized spacial score (nSPS) is 10.1. The zero-order valence-electron chi connectivity index (χ0n) is 7.83. The molecule has 0 spiro atoms. The molecule has 14 heavy (non-hydrogen) atoms. The summed E-state index contributed by atoms with van der Waals surface area (Å²) in [5.41, 5.74) is 1.10. The highest BCUT2D eigenvalue weighted by atomic mass is 15.3. The summed E-state index contributed by atoms with van der Waals surface area (Å²) in [4.78, 5) is 6.05. The van der Waals surface area contributed by atoms with E-state index in [0.717, 1.165) is 5.69 Å². The first-order valence-corrected chi connectivity index (χ1v) is 4.35. The lowest BCUT2D eigenvalue weighted by Gasteiger charge is -1.98. The van der Waals surface area contributed by atoms with Crippen molar-refractivity contribution in [3.63, 3.8) is 0 Å². The molecule has 0 fully saturated rings. The molecular formula is C8H12N6. The minimum absolute atomic E-state index is 0.652. The van der Waals surface area contributed by atoms with Crippen molar-refractivity contribution >= 4 is 11.9 Å². The van der Waals surface area contributed by atoms with Crippen molar-refractivity contribution in [3.8, 4) is 0 Å². The third kappa shape index (κ3) is 1.85. The average molecular weight is 192 g/mol. The average Bonchev–Trinajstić information content (AvgIpc) is 2.86. The van der Waals surface area contributed by atoms with Crippen LogP contribution >= 0.6 is 0 Å². The fraction of sp³-hybridized carbons (Fsp3) is 0.250. The molecule has 0 bridgehead atoms. The Morgan fingerprint density at radius 3 is 2.86 bits per heavy atom. The van der Waals surface area contributed by atoms with Crippen LogP contribution in [-0.2, 0) is 6.54 Å². The standard InChI is InChI=1S/C8H12N6/c1-9-7-12-8(14-13-7)11-5-6-3-2-4-10-6/h2-4,10H,5H2,1H3,(H3,9,11,12,13,14). The van der Waals surface area contributed by atoms with Gasteiger partial charge in [-0.3, -0.25) is 4.98 Å². The van der Waals surface area contributed by atoms with E-state index in [0.29, 0.717) is 18.4 Å². The molecule has 0 atom stereocenters. The van der Waals surface area contributed by atoms with Crippen molar-refractivity contribution in [2.45, 2.75) is 6.54 Å². The molecule has 2 aromatic heterocycles. The van der Waals surface area contributed by atoms with Gasteiger partial charge in [0, 0.05) is 18.9 Å². The maximum atomic E-state index is 3.89. The van der Waals surface area contributed by atoms with Crippen LogP contribution in [0.5, 0.6) is 0 Å². The summed E-state index contributed by atoms with van der Waals surface area (Å²) < 4.78 is 0. The van der Waals surface area contributed by atoms with Gasteiger partial charge in [0.15, 0.2) is 0 Å². The van der Waals surface area contributed by atoms with Gasteiger partial charge in [0.1, 0.15) is 0 Å². The molecule has 0 radical (unpaired) electrons. The molecule has 0 amide bonds. The van der Waals surface area contributed by atoms with Crippen LogP contribution in [0.3, 0.4) is 0 Å². The zero-order valence-corrected chi connectivity index (χ0v) is 7.83. The Balaban J connectivity index is 1.92. The highest BCUT2D eigenvalue weighted by Crippen LogP contribution is 2.03. The lowest BCUT2D eigenvalue weighted by atomic mass is 10.4. The molecule has 0 aliphatic rings. The summed E-state index contributed by atoms with van der Waals surface area (Å²) in [6.45, 7) is 0.700. The van der Waals surface area contributed by atoms with Gasteiger partial charge in [-0.2, -0.15) is 0 Å². The van der Waals surface area contributed by atoms with Crippen LogP contribution < -0.4 is 10.6 Å². The number of H-pyrrole nitrogens is 2. The third-order valence-electron chi connectivity index (χ3n) is 1.83. The Kier molecular flexibility index (Phi) is 2.35. The van der Waals surface area contributed by atoms with E-state index in [-0.39, 0.29) is 0 Å². The maximum absolute atomic E-state index is 3.89. The van der Waals surface area contributed by atoms with Crippen molar-refractivity contribution in [1.29, 1.82) is 0 Å². The van der Waals surface area contributed by atoms with Gasteiger partial charge >= 0.3 is 0 Å². The minimum atomic E-state index is 0.652. The van der Waals surface area contributed by atoms with Gasteiger partial charge in [0.2, 0.25) is 11.9 Å². The molecule has 0 aromatic carbocycles. The van der Waals surface area contributed by atoms with Crippen molar-refractivity contribution in [2.24, 2.45) is 0 Å². The van der Waals surface area contributed by atoms with Crippen LogP contribution in [0.4, 0.5) is 11.9 Å². The highest BCUT2D eigenvalue weighted by Gasteiger charge is 1.99. The van der Waals surface area contributed by atoms with Crippen molar-refractivity contribution in [2.75, 3.05) is 17.7 Å². The van der Waals surface area contributed by atoms with E-state index >= 15 is 0 Å². The first kappa shape index (κ1) is 8.61. The summed E-state index contributed by atoms with van der Waals surface area (Å²) in [5, 5.41) is 13.7. The van der Waals surface area contributed by atoms with E-state index < -0.39 is 0 Å². The number of hydrogen-bond donors (Lipinski definition) is 4. The third-order valence-corrected chi connectivity index (χ3v) is 1.83. The lowest BCUT2D eigenvalue weighted by molar-refractivity contribution is 1.02. The summed E-state index contributed by atoms with van der Waals surface area (Å²) in [6.07, 6.45) is 1.89. The van der Waals surface area contributed by atoms with Gasteiger partial charge in [0.25, 0.3) is 0 Å². The monoisotopic (exact) mass is 192 g/mol. The van der Waals surface area contributed by atoms with Crippen LogP contribution in [0.15, 0.2) is 18.3 Å². The van der Waals surface area contributed by atoms with E-state index in [1.165, 1.54) is 0 Å². The van der Waals surface area contributed by atoms with E-state index in [4.69, 9.17) is 0 Å². The number of aromatic amines is 2. The van der Waals surface area contributed by atoms with Crippen LogP contribution in [-0.4, -0.2) is 27.2 Å². The van der Waals surface area contributed by atoms with Crippen molar-refractivity contribution in [3.05, 3.63) is 24.0 Å². The Bertz CT molecular complexity index is 376. The van der Waals surface area contributed by atoms with Gasteiger partial charge in [0.05, 0.1) is 6.54 Å². The molecule has 0 unspecified atom stereocenters. The largest absolute Gasteiger partial charge is 0.364 e. The highest BCUT2D eigenvalue weighted by molar-refractivity contribution is 5.33. The number of nitrogens with zero attached hydrogens (tertiary/aromatic N) is 2. The second-order valence-corrected chi connectivity index (χ2v) is 2.82. The van der Waals surface area contributed by atoms with E-state index in [1.807, 2.05) is 18.3 Å². The first-order chi connectivity index (χ1) is 6.88. The number of aromatic nitrogens is 4.